The predicted molar refractivity (Wildman–Crippen MR) is 79.0 cm³/mol. The van der Waals surface area contributed by atoms with Crippen molar-refractivity contribution in [2.75, 3.05) is 0 Å². The molecule has 0 aromatic heterocycles. The van der Waals surface area contributed by atoms with Crippen molar-refractivity contribution in [2.24, 2.45) is 0 Å². The fourth-order valence-corrected chi connectivity index (χ4v) is 2.34. The van der Waals surface area contributed by atoms with Crippen LogP contribution in [0.1, 0.15) is 43.5 Å². The van der Waals surface area contributed by atoms with E-state index in [9.17, 15) is 13.9 Å². The molecule has 0 aliphatic heterocycles. The highest BCUT2D eigenvalue weighted by molar-refractivity contribution is 5.28. The van der Waals surface area contributed by atoms with Gasteiger partial charge in [0.05, 0.1) is 0 Å². The molecule has 0 aliphatic rings. The van der Waals surface area contributed by atoms with E-state index < -0.39 is 11.6 Å². The summed E-state index contributed by atoms with van der Waals surface area (Å²) in [4.78, 5) is 0. The summed E-state index contributed by atoms with van der Waals surface area (Å²) in [5, 5.41) is 12.7. The number of phenolic OH excluding ortho intramolecular Hbond substituents is 1. The van der Waals surface area contributed by atoms with Crippen molar-refractivity contribution in [1.29, 1.82) is 0 Å². The summed E-state index contributed by atoms with van der Waals surface area (Å²) in [6.45, 7) is 3.96. The molecule has 2 N–H and O–H groups in total. The van der Waals surface area contributed by atoms with Gasteiger partial charge in [0.15, 0.2) is 11.6 Å². The normalized spacial score (nSPS) is 13.9. The Morgan fingerprint density at radius 2 is 1.62 bits per heavy atom. The van der Waals surface area contributed by atoms with Crippen LogP contribution in [0.2, 0.25) is 0 Å². The number of hydrogen-bond acceptors (Lipinski definition) is 2. The Balaban J connectivity index is 2.13. The van der Waals surface area contributed by atoms with Gasteiger partial charge in [-0.05, 0) is 48.7 Å². The second-order valence-corrected chi connectivity index (χ2v) is 5.11. The Bertz CT molecular complexity index is 598. The summed E-state index contributed by atoms with van der Waals surface area (Å²) in [5.74, 6) is -1.45. The molecule has 112 valence electrons. The van der Waals surface area contributed by atoms with Crippen LogP contribution in [-0.4, -0.2) is 5.11 Å². The van der Waals surface area contributed by atoms with Gasteiger partial charge in [-0.15, -0.1) is 0 Å². The van der Waals surface area contributed by atoms with Crippen molar-refractivity contribution in [3.8, 4) is 5.75 Å². The third kappa shape index (κ3) is 3.79. The van der Waals surface area contributed by atoms with Crippen LogP contribution < -0.4 is 5.32 Å². The summed E-state index contributed by atoms with van der Waals surface area (Å²) >= 11 is 0. The second-order valence-electron chi connectivity index (χ2n) is 5.11. The molecule has 0 bridgehead atoms. The molecule has 0 spiro atoms. The minimum absolute atomic E-state index is 0.0775. The van der Waals surface area contributed by atoms with E-state index in [1.807, 2.05) is 26.0 Å². The molecule has 21 heavy (non-hydrogen) atoms. The molecular weight excluding hydrogens is 272 g/mol. The summed E-state index contributed by atoms with van der Waals surface area (Å²) < 4.78 is 26.3. The molecule has 0 fully saturated rings. The number of rotatable bonds is 5. The van der Waals surface area contributed by atoms with Crippen LogP contribution in [0.3, 0.4) is 0 Å². The van der Waals surface area contributed by atoms with Gasteiger partial charge in [0, 0.05) is 12.1 Å². The first kappa shape index (κ1) is 15.4. The lowest BCUT2D eigenvalue weighted by atomic mass is 10.0. The molecule has 2 aromatic carbocycles. The lowest BCUT2D eigenvalue weighted by Crippen LogP contribution is -2.24. The average Bonchev–Trinajstić information content (AvgIpc) is 2.48. The summed E-state index contributed by atoms with van der Waals surface area (Å²) in [5.41, 5.74) is 1.75. The van der Waals surface area contributed by atoms with Crippen molar-refractivity contribution >= 4 is 0 Å². The second kappa shape index (κ2) is 6.68. The number of nitrogens with one attached hydrogen (secondary N) is 1. The van der Waals surface area contributed by atoms with Gasteiger partial charge in [-0.1, -0.05) is 25.1 Å². The molecule has 4 heteroatoms. The van der Waals surface area contributed by atoms with E-state index in [1.54, 1.807) is 18.2 Å². The molecule has 2 atom stereocenters. The standard InChI is InChI=1S/C17H19F2NO/c1-3-17(12-4-7-14(21)8-5-12)20-11(2)13-6-9-15(18)16(19)10-13/h4-11,17,20-21H,3H2,1-2H3. The maximum absolute atomic E-state index is 13.3. The maximum Gasteiger partial charge on any atom is 0.159 e. The number of phenols is 1. The highest BCUT2D eigenvalue weighted by atomic mass is 19.2. The van der Waals surface area contributed by atoms with Crippen molar-refractivity contribution in [3.63, 3.8) is 0 Å². The number of halogens is 2. The molecule has 0 saturated heterocycles. The van der Waals surface area contributed by atoms with E-state index >= 15 is 0 Å². The first-order valence-corrected chi connectivity index (χ1v) is 7.01. The van der Waals surface area contributed by atoms with Gasteiger partial charge >= 0.3 is 0 Å². The van der Waals surface area contributed by atoms with Gasteiger partial charge in [-0.2, -0.15) is 0 Å². The van der Waals surface area contributed by atoms with Gasteiger partial charge in [0.1, 0.15) is 5.75 Å². The van der Waals surface area contributed by atoms with E-state index in [2.05, 4.69) is 5.32 Å². The van der Waals surface area contributed by atoms with Crippen LogP contribution in [0.15, 0.2) is 42.5 Å². The quantitative estimate of drug-likeness (QED) is 0.851. The van der Waals surface area contributed by atoms with Crippen molar-refractivity contribution < 1.29 is 13.9 Å². The zero-order valence-electron chi connectivity index (χ0n) is 12.1. The molecule has 2 rings (SSSR count). The van der Waals surface area contributed by atoms with Crippen molar-refractivity contribution in [1.82, 2.24) is 5.32 Å². The highest BCUT2D eigenvalue weighted by Gasteiger charge is 2.15. The third-order valence-electron chi connectivity index (χ3n) is 3.60. The van der Waals surface area contributed by atoms with Crippen molar-refractivity contribution in [3.05, 3.63) is 65.2 Å². The Morgan fingerprint density at radius 3 is 2.19 bits per heavy atom. The molecular formula is C17H19F2NO. The lowest BCUT2D eigenvalue weighted by Gasteiger charge is -2.23. The Morgan fingerprint density at radius 1 is 1.00 bits per heavy atom. The topological polar surface area (TPSA) is 32.3 Å². The summed E-state index contributed by atoms with van der Waals surface area (Å²) in [6, 6.07) is 10.9. The fraction of sp³-hybridized carbons (Fsp3) is 0.294. The zero-order chi connectivity index (χ0) is 15.4. The number of hydrogen-bond donors (Lipinski definition) is 2. The largest absolute Gasteiger partial charge is 0.508 e. The van der Waals surface area contributed by atoms with E-state index in [-0.39, 0.29) is 17.8 Å². The van der Waals surface area contributed by atoms with Crippen LogP contribution in [0, 0.1) is 11.6 Å². The molecule has 0 amide bonds. The SMILES string of the molecule is CCC(NC(C)c1ccc(F)c(F)c1)c1ccc(O)cc1. The molecule has 2 nitrogen and oxygen atoms in total. The van der Waals surface area contributed by atoms with Crippen molar-refractivity contribution in [2.45, 2.75) is 32.4 Å². The lowest BCUT2D eigenvalue weighted by molar-refractivity contribution is 0.448. The highest BCUT2D eigenvalue weighted by Crippen LogP contribution is 2.24. The molecule has 2 unspecified atom stereocenters. The first-order valence-electron chi connectivity index (χ1n) is 7.01. The minimum Gasteiger partial charge on any atom is -0.508 e. The summed E-state index contributed by atoms with van der Waals surface area (Å²) in [6.07, 6.45) is 0.846. The van der Waals surface area contributed by atoms with Crippen LogP contribution in [-0.2, 0) is 0 Å². The molecule has 0 heterocycles. The predicted octanol–water partition coefficient (Wildman–Crippen LogP) is 4.47. The van der Waals surface area contributed by atoms with E-state index in [0.29, 0.717) is 5.56 Å². The first-order chi connectivity index (χ1) is 10.0. The zero-order valence-corrected chi connectivity index (χ0v) is 12.1. The van der Waals surface area contributed by atoms with Gasteiger partial charge in [0.2, 0.25) is 0 Å². The Kier molecular flexibility index (Phi) is 4.91. The smallest absolute Gasteiger partial charge is 0.159 e. The number of aromatic hydroxyl groups is 1. The fourth-order valence-electron chi connectivity index (χ4n) is 2.34. The molecule has 0 saturated carbocycles. The number of benzene rings is 2. The van der Waals surface area contributed by atoms with Crippen LogP contribution in [0.25, 0.3) is 0 Å². The molecule has 2 aromatic rings. The van der Waals surface area contributed by atoms with Gasteiger partial charge < -0.3 is 10.4 Å². The molecule has 0 radical (unpaired) electrons. The Labute approximate surface area is 123 Å². The van der Waals surface area contributed by atoms with Gasteiger partial charge in [0.25, 0.3) is 0 Å². The van der Waals surface area contributed by atoms with Crippen LogP contribution in [0.4, 0.5) is 8.78 Å². The van der Waals surface area contributed by atoms with Crippen LogP contribution in [0.5, 0.6) is 5.75 Å². The maximum atomic E-state index is 13.3. The molecule has 0 aliphatic carbocycles. The minimum atomic E-state index is -0.837. The van der Waals surface area contributed by atoms with Crippen LogP contribution >= 0.6 is 0 Å². The van der Waals surface area contributed by atoms with Gasteiger partial charge in [-0.25, -0.2) is 8.78 Å². The Hall–Kier alpha value is -1.94. The third-order valence-corrected chi connectivity index (χ3v) is 3.60. The summed E-state index contributed by atoms with van der Waals surface area (Å²) in [7, 11) is 0. The van der Waals surface area contributed by atoms with E-state index in [4.69, 9.17) is 0 Å². The monoisotopic (exact) mass is 291 g/mol. The van der Waals surface area contributed by atoms with E-state index in [1.165, 1.54) is 6.07 Å². The van der Waals surface area contributed by atoms with E-state index in [0.717, 1.165) is 18.1 Å². The van der Waals surface area contributed by atoms with Gasteiger partial charge in [-0.3, -0.25) is 0 Å². The average molecular weight is 291 g/mol.